The van der Waals surface area contributed by atoms with Gasteiger partial charge in [-0.05, 0) is 37.4 Å². The summed E-state index contributed by atoms with van der Waals surface area (Å²) in [5.41, 5.74) is 0.0826. The van der Waals surface area contributed by atoms with E-state index in [0.29, 0.717) is 12.4 Å². The van der Waals surface area contributed by atoms with E-state index in [4.69, 9.17) is 4.74 Å². The topological polar surface area (TPSA) is 64.4 Å². The molecule has 1 aromatic rings. The summed E-state index contributed by atoms with van der Waals surface area (Å²) in [6, 6.07) is 6.14. The molecule has 0 aliphatic rings. The van der Waals surface area contributed by atoms with E-state index >= 15 is 0 Å². The molecular weight excluding hydrogens is 244 g/mol. The molecule has 0 radical (unpaired) electrons. The first-order chi connectivity index (χ1) is 9.09. The molecule has 0 heterocycles. The average Bonchev–Trinajstić information content (AvgIpc) is 2.38. The standard InChI is InChI=1S/C14H22N2O3/c1-12(2)4-3-9-15-10-11-19-14-7-5-13(6-8-14)16(17)18/h5-8,12,15H,3-4,9-11H2,1-2H3. The molecule has 0 amide bonds. The van der Waals surface area contributed by atoms with Crippen molar-refractivity contribution in [3.63, 3.8) is 0 Å². The van der Waals surface area contributed by atoms with Crippen molar-refractivity contribution in [1.82, 2.24) is 5.32 Å². The minimum Gasteiger partial charge on any atom is -0.492 e. The largest absolute Gasteiger partial charge is 0.492 e. The third-order valence-electron chi connectivity index (χ3n) is 2.73. The van der Waals surface area contributed by atoms with Gasteiger partial charge in [0.1, 0.15) is 12.4 Å². The molecule has 0 saturated carbocycles. The quantitative estimate of drug-likeness (QED) is 0.424. The van der Waals surface area contributed by atoms with Gasteiger partial charge < -0.3 is 10.1 Å². The summed E-state index contributed by atoms with van der Waals surface area (Å²) < 4.78 is 5.48. The predicted molar refractivity (Wildman–Crippen MR) is 75.5 cm³/mol. The Morgan fingerprint density at radius 3 is 2.53 bits per heavy atom. The highest BCUT2D eigenvalue weighted by atomic mass is 16.6. The molecule has 106 valence electrons. The van der Waals surface area contributed by atoms with Crippen LogP contribution in [0.15, 0.2) is 24.3 Å². The van der Waals surface area contributed by atoms with Crippen molar-refractivity contribution in [3.05, 3.63) is 34.4 Å². The number of nitro benzene ring substituents is 1. The molecule has 0 fully saturated rings. The van der Waals surface area contributed by atoms with Crippen LogP contribution in [0.3, 0.4) is 0 Å². The Morgan fingerprint density at radius 2 is 1.95 bits per heavy atom. The number of non-ortho nitro benzene ring substituents is 1. The lowest BCUT2D eigenvalue weighted by atomic mass is 10.1. The van der Waals surface area contributed by atoms with Gasteiger partial charge in [0.25, 0.3) is 5.69 Å². The highest BCUT2D eigenvalue weighted by Crippen LogP contribution is 2.16. The van der Waals surface area contributed by atoms with E-state index in [0.717, 1.165) is 19.0 Å². The van der Waals surface area contributed by atoms with E-state index in [1.807, 2.05) is 0 Å². The fraction of sp³-hybridized carbons (Fsp3) is 0.571. The van der Waals surface area contributed by atoms with Crippen molar-refractivity contribution in [2.45, 2.75) is 26.7 Å². The van der Waals surface area contributed by atoms with Crippen molar-refractivity contribution >= 4 is 5.69 Å². The van der Waals surface area contributed by atoms with Gasteiger partial charge in [0.05, 0.1) is 4.92 Å². The van der Waals surface area contributed by atoms with Gasteiger partial charge in [0.15, 0.2) is 0 Å². The highest BCUT2D eigenvalue weighted by molar-refractivity contribution is 5.35. The highest BCUT2D eigenvalue weighted by Gasteiger charge is 2.03. The smallest absolute Gasteiger partial charge is 0.269 e. The fourth-order valence-corrected chi connectivity index (χ4v) is 1.67. The van der Waals surface area contributed by atoms with E-state index in [2.05, 4.69) is 19.2 Å². The summed E-state index contributed by atoms with van der Waals surface area (Å²) in [4.78, 5) is 10.1. The summed E-state index contributed by atoms with van der Waals surface area (Å²) in [7, 11) is 0. The van der Waals surface area contributed by atoms with Crippen LogP contribution in [0.1, 0.15) is 26.7 Å². The molecule has 0 saturated heterocycles. The van der Waals surface area contributed by atoms with Crippen molar-refractivity contribution < 1.29 is 9.66 Å². The molecule has 0 spiro atoms. The van der Waals surface area contributed by atoms with Crippen LogP contribution >= 0.6 is 0 Å². The van der Waals surface area contributed by atoms with Crippen LogP contribution < -0.4 is 10.1 Å². The Hall–Kier alpha value is -1.62. The SMILES string of the molecule is CC(C)CCCNCCOc1ccc([N+](=O)[O-])cc1. The van der Waals surface area contributed by atoms with E-state index in [-0.39, 0.29) is 5.69 Å². The van der Waals surface area contributed by atoms with Crippen molar-refractivity contribution in [1.29, 1.82) is 0 Å². The van der Waals surface area contributed by atoms with Crippen molar-refractivity contribution in [3.8, 4) is 5.75 Å². The minimum atomic E-state index is -0.417. The van der Waals surface area contributed by atoms with Crippen LogP contribution in [0.2, 0.25) is 0 Å². The molecule has 0 aliphatic carbocycles. The molecule has 0 unspecified atom stereocenters. The summed E-state index contributed by atoms with van der Waals surface area (Å²) in [5.74, 6) is 1.41. The number of nitrogens with one attached hydrogen (secondary N) is 1. The lowest BCUT2D eigenvalue weighted by Crippen LogP contribution is -2.22. The molecule has 0 bridgehead atoms. The second kappa shape index (κ2) is 8.48. The van der Waals surface area contributed by atoms with Gasteiger partial charge >= 0.3 is 0 Å². The first-order valence-corrected chi connectivity index (χ1v) is 6.67. The number of nitrogens with zero attached hydrogens (tertiary/aromatic N) is 1. The summed E-state index contributed by atoms with van der Waals surface area (Å²) in [6.07, 6.45) is 2.41. The second-order valence-corrected chi connectivity index (χ2v) is 4.89. The number of benzene rings is 1. The maximum Gasteiger partial charge on any atom is 0.269 e. The van der Waals surface area contributed by atoms with Gasteiger partial charge in [-0.15, -0.1) is 0 Å². The van der Waals surface area contributed by atoms with E-state index in [1.165, 1.54) is 25.0 Å². The molecule has 0 aromatic heterocycles. The van der Waals surface area contributed by atoms with Crippen LogP contribution in [0.4, 0.5) is 5.69 Å². The summed E-state index contributed by atoms with van der Waals surface area (Å²) >= 11 is 0. The first-order valence-electron chi connectivity index (χ1n) is 6.67. The maximum atomic E-state index is 10.5. The third-order valence-corrected chi connectivity index (χ3v) is 2.73. The van der Waals surface area contributed by atoms with E-state index in [9.17, 15) is 10.1 Å². The lowest BCUT2D eigenvalue weighted by molar-refractivity contribution is -0.384. The molecular formula is C14H22N2O3. The molecule has 1 rings (SSSR count). The molecule has 19 heavy (non-hydrogen) atoms. The van der Waals surface area contributed by atoms with E-state index < -0.39 is 4.92 Å². The Bertz CT molecular complexity index is 377. The van der Waals surface area contributed by atoms with Crippen LogP contribution in [0.25, 0.3) is 0 Å². The van der Waals surface area contributed by atoms with Crippen LogP contribution in [0, 0.1) is 16.0 Å². The Balaban J connectivity index is 2.11. The van der Waals surface area contributed by atoms with Gasteiger partial charge in [-0.3, -0.25) is 10.1 Å². The molecule has 0 atom stereocenters. The van der Waals surface area contributed by atoms with Crippen molar-refractivity contribution in [2.75, 3.05) is 19.7 Å². The van der Waals surface area contributed by atoms with Crippen LogP contribution in [0.5, 0.6) is 5.75 Å². The van der Waals surface area contributed by atoms with Gasteiger partial charge in [-0.1, -0.05) is 13.8 Å². The van der Waals surface area contributed by atoms with Gasteiger partial charge in [-0.25, -0.2) is 0 Å². The van der Waals surface area contributed by atoms with Crippen LogP contribution in [-0.2, 0) is 0 Å². The molecule has 1 N–H and O–H groups in total. The molecule has 1 aromatic carbocycles. The number of nitro groups is 1. The summed E-state index contributed by atoms with van der Waals surface area (Å²) in [6.45, 7) is 6.80. The monoisotopic (exact) mass is 266 g/mol. The fourth-order valence-electron chi connectivity index (χ4n) is 1.67. The molecule has 5 heteroatoms. The number of hydrogen-bond acceptors (Lipinski definition) is 4. The number of rotatable bonds is 9. The normalized spacial score (nSPS) is 10.7. The van der Waals surface area contributed by atoms with Crippen LogP contribution in [-0.4, -0.2) is 24.6 Å². The average molecular weight is 266 g/mol. The van der Waals surface area contributed by atoms with Crippen molar-refractivity contribution in [2.24, 2.45) is 5.92 Å². The zero-order valence-electron chi connectivity index (χ0n) is 11.6. The Morgan fingerprint density at radius 1 is 1.26 bits per heavy atom. The summed E-state index contributed by atoms with van der Waals surface area (Å²) in [5, 5.41) is 13.8. The number of hydrogen-bond donors (Lipinski definition) is 1. The zero-order chi connectivity index (χ0) is 14.1. The minimum absolute atomic E-state index is 0.0826. The Labute approximate surface area is 114 Å². The molecule has 5 nitrogen and oxygen atoms in total. The van der Waals surface area contributed by atoms with Gasteiger partial charge in [0.2, 0.25) is 0 Å². The van der Waals surface area contributed by atoms with Gasteiger partial charge in [0, 0.05) is 18.7 Å². The van der Waals surface area contributed by atoms with Gasteiger partial charge in [-0.2, -0.15) is 0 Å². The molecule has 0 aliphatic heterocycles. The zero-order valence-corrected chi connectivity index (χ0v) is 11.6. The predicted octanol–water partition coefficient (Wildman–Crippen LogP) is 3.00. The maximum absolute atomic E-state index is 10.5. The number of ether oxygens (including phenoxy) is 1. The second-order valence-electron chi connectivity index (χ2n) is 4.89. The lowest BCUT2D eigenvalue weighted by Gasteiger charge is -2.08. The van der Waals surface area contributed by atoms with E-state index in [1.54, 1.807) is 12.1 Å². The Kier molecular flexibility index (Phi) is 6.89. The first kappa shape index (κ1) is 15.4. The third kappa shape index (κ3) is 6.76.